The minimum absolute atomic E-state index is 0. The number of nitrogens with zero attached hydrogens (tertiary/aromatic N) is 5. The smallest absolute Gasteiger partial charge is 0.191 e. The van der Waals surface area contributed by atoms with E-state index in [-0.39, 0.29) is 24.0 Å². The molecule has 1 fully saturated rings. The maximum absolute atomic E-state index is 5.76. The van der Waals surface area contributed by atoms with E-state index < -0.39 is 0 Å². The number of aliphatic imine (C=N–C) groups is 1. The predicted molar refractivity (Wildman–Crippen MR) is 132 cm³/mol. The van der Waals surface area contributed by atoms with Crippen molar-refractivity contribution in [2.75, 3.05) is 52.5 Å². The van der Waals surface area contributed by atoms with Crippen molar-refractivity contribution in [1.29, 1.82) is 0 Å². The Labute approximate surface area is 201 Å². The van der Waals surface area contributed by atoms with Gasteiger partial charge in [0.2, 0.25) is 0 Å². The van der Waals surface area contributed by atoms with Gasteiger partial charge in [-0.3, -0.25) is 4.90 Å². The van der Waals surface area contributed by atoms with E-state index in [0.717, 1.165) is 69.2 Å². The lowest BCUT2D eigenvalue weighted by atomic mass is 10.3. The zero-order chi connectivity index (χ0) is 21.0. The van der Waals surface area contributed by atoms with Crippen LogP contribution in [0, 0.1) is 6.92 Å². The molecule has 10 heteroatoms. The van der Waals surface area contributed by atoms with E-state index in [9.17, 15) is 0 Å². The second-order valence-electron chi connectivity index (χ2n) is 7.21. The van der Waals surface area contributed by atoms with E-state index in [2.05, 4.69) is 30.7 Å². The largest absolute Gasteiger partial charge is 0.492 e. The summed E-state index contributed by atoms with van der Waals surface area (Å²) < 4.78 is 13.1. The molecular formula is C21H34IN7O2. The molecule has 1 saturated heterocycles. The lowest BCUT2D eigenvalue weighted by molar-refractivity contribution is 0.0376. The highest BCUT2D eigenvalue weighted by atomic mass is 127. The van der Waals surface area contributed by atoms with Crippen molar-refractivity contribution in [3.8, 4) is 5.75 Å². The van der Waals surface area contributed by atoms with Crippen LogP contribution in [0.5, 0.6) is 5.75 Å². The molecule has 1 aliphatic heterocycles. The molecule has 3 rings (SSSR count). The van der Waals surface area contributed by atoms with Gasteiger partial charge in [-0.2, -0.15) is 0 Å². The number of morpholine rings is 1. The first-order valence-electron chi connectivity index (χ1n) is 10.6. The minimum atomic E-state index is 0. The standard InChI is InChI=1S/C21H33N7O2.HI/c1-18-25-26-20(27(18)2)17-24-21(22-9-6-11-28-12-15-29-16-13-28)23-10-14-30-19-7-4-3-5-8-19;/h3-5,7-8H,6,9-17H2,1-2H3,(H2,22,23,24);1H. The predicted octanol–water partition coefficient (Wildman–Crippen LogP) is 1.58. The summed E-state index contributed by atoms with van der Waals surface area (Å²) in [5.41, 5.74) is 0. The summed E-state index contributed by atoms with van der Waals surface area (Å²) >= 11 is 0. The Kier molecular flexibility index (Phi) is 11.6. The number of halogens is 1. The third kappa shape index (κ3) is 8.99. The number of rotatable bonds is 10. The first-order chi connectivity index (χ1) is 14.7. The fourth-order valence-corrected chi connectivity index (χ4v) is 3.10. The van der Waals surface area contributed by atoms with Gasteiger partial charge in [0, 0.05) is 26.7 Å². The van der Waals surface area contributed by atoms with Gasteiger partial charge in [-0.25, -0.2) is 4.99 Å². The number of guanidine groups is 1. The molecule has 0 amide bonds. The summed E-state index contributed by atoms with van der Waals surface area (Å²) in [4.78, 5) is 7.11. The molecule has 1 aliphatic rings. The fraction of sp³-hybridized carbons (Fsp3) is 0.571. The zero-order valence-corrected chi connectivity index (χ0v) is 20.7. The van der Waals surface area contributed by atoms with Crippen molar-refractivity contribution in [1.82, 2.24) is 30.3 Å². The van der Waals surface area contributed by atoms with E-state index in [1.807, 2.05) is 48.9 Å². The van der Waals surface area contributed by atoms with Crippen LogP contribution in [0.2, 0.25) is 0 Å². The summed E-state index contributed by atoms with van der Waals surface area (Å²) in [6.07, 6.45) is 1.05. The topological polar surface area (TPSA) is 88.8 Å². The molecule has 0 aliphatic carbocycles. The lowest BCUT2D eigenvalue weighted by Gasteiger charge is -2.26. The summed E-state index contributed by atoms with van der Waals surface area (Å²) in [5, 5.41) is 15.1. The highest BCUT2D eigenvalue weighted by Crippen LogP contribution is 2.07. The second kappa shape index (κ2) is 14.2. The van der Waals surface area contributed by atoms with Crippen molar-refractivity contribution in [3.63, 3.8) is 0 Å². The van der Waals surface area contributed by atoms with Gasteiger partial charge >= 0.3 is 0 Å². The van der Waals surface area contributed by atoms with Gasteiger partial charge in [-0.15, -0.1) is 34.2 Å². The summed E-state index contributed by atoms with van der Waals surface area (Å²) in [6.45, 7) is 9.22. The molecule has 9 nitrogen and oxygen atoms in total. The van der Waals surface area contributed by atoms with Crippen molar-refractivity contribution in [2.45, 2.75) is 19.9 Å². The van der Waals surface area contributed by atoms with Gasteiger partial charge < -0.3 is 24.7 Å². The SMILES string of the molecule is Cc1nnc(CN=C(NCCCN2CCOCC2)NCCOc2ccccc2)n1C.I. The molecular weight excluding hydrogens is 509 g/mol. The molecule has 0 saturated carbocycles. The maximum atomic E-state index is 5.76. The molecule has 2 N–H and O–H groups in total. The van der Waals surface area contributed by atoms with Gasteiger partial charge in [-0.1, -0.05) is 18.2 Å². The third-order valence-corrected chi connectivity index (χ3v) is 5.02. The lowest BCUT2D eigenvalue weighted by Crippen LogP contribution is -2.41. The molecule has 2 heterocycles. The van der Waals surface area contributed by atoms with Crippen LogP contribution in [-0.4, -0.2) is 78.2 Å². The highest BCUT2D eigenvalue weighted by molar-refractivity contribution is 14.0. The van der Waals surface area contributed by atoms with Gasteiger partial charge in [0.1, 0.15) is 24.7 Å². The van der Waals surface area contributed by atoms with Crippen LogP contribution < -0.4 is 15.4 Å². The average molecular weight is 543 g/mol. The molecule has 31 heavy (non-hydrogen) atoms. The quantitative estimate of drug-likeness (QED) is 0.204. The number of para-hydroxylation sites is 1. The van der Waals surface area contributed by atoms with Gasteiger partial charge in [0.05, 0.1) is 19.8 Å². The number of aryl methyl sites for hydroxylation is 1. The van der Waals surface area contributed by atoms with E-state index >= 15 is 0 Å². The molecule has 1 aromatic carbocycles. The normalized spacial score (nSPS) is 14.7. The maximum Gasteiger partial charge on any atom is 0.191 e. The third-order valence-electron chi connectivity index (χ3n) is 5.02. The van der Waals surface area contributed by atoms with Crippen molar-refractivity contribution in [3.05, 3.63) is 42.0 Å². The van der Waals surface area contributed by atoms with Crippen molar-refractivity contribution in [2.24, 2.45) is 12.0 Å². The Balaban J connectivity index is 0.00000341. The Morgan fingerprint density at radius 2 is 1.87 bits per heavy atom. The van der Waals surface area contributed by atoms with Crippen LogP contribution in [0.3, 0.4) is 0 Å². The van der Waals surface area contributed by atoms with Crippen molar-refractivity contribution >= 4 is 29.9 Å². The van der Waals surface area contributed by atoms with Crippen LogP contribution in [0.25, 0.3) is 0 Å². The Bertz CT molecular complexity index is 779. The Hall–Kier alpha value is -1.92. The van der Waals surface area contributed by atoms with Crippen LogP contribution >= 0.6 is 24.0 Å². The van der Waals surface area contributed by atoms with Gasteiger partial charge in [0.25, 0.3) is 0 Å². The number of nitrogens with one attached hydrogen (secondary N) is 2. The zero-order valence-electron chi connectivity index (χ0n) is 18.4. The van der Waals surface area contributed by atoms with E-state index in [1.54, 1.807) is 0 Å². The Morgan fingerprint density at radius 1 is 1.13 bits per heavy atom. The summed E-state index contributed by atoms with van der Waals surface area (Å²) in [7, 11) is 1.96. The number of ether oxygens (including phenoxy) is 2. The molecule has 172 valence electrons. The minimum Gasteiger partial charge on any atom is -0.492 e. The van der Waals surface area contributed by atoms with Crippen LogP contribution in [0.4, 0.5) is 0 Å². The van der Waals surface area contributed by atoms with Crippen LogP contribution in [0.15, 0.2) is 35.3 Å². The fourth-order valence-electron chi connectivity index (χ4n) is 3.10. The molecule has 0 radical (unpaired) electrons. The van der Waals surface area contributed by atoms with E-state index in [0.29, 0.717) is 19.7 Å². The Morgan fingerprint density at radius 3 is 2.58 bits per heavy atom. The van der Waals surface area contributed by atoms with Gasteiger partial charge in [0.15, 0.2) is 11.8 Å². The molecule has 0 atom stereocenters. The van der Waals surface area contributed by atoms with E-state index in [1.165, 1.54) is 0 Å². The van der Waals surface area contributed by atoms with E-state index in [4.69, 9.17) is 9.47 Å². The number of hydrogen-bond acceptors (Lipinski definition) is 6. The molecule has 1 aromatic heterocycles. The molecule has 0 bridgehead atoms. The molecule has 2 aromatic rings. The van der Waals surface area contributed by atoms with Crippen LogP contribution in [-0.2, 0) is 18.3 Å². The first-order valence-corrected chi connectivity index (χ1v) is 10.6. The van der Waals surface area contributed by atoms with Gasteiger partial charge in [-0.05, 0) is 32.0 Å². The summed E-state index contributed by atoms with van der Waals surface area (Å²) in [6, 6.07) is 9.82. The number of benzene rings is 1. The molecule has 0 unspecified atom stereocenters. The van der Waals surface area contributed by atoms with Crippen molar-refractivity contribution < 1.29 is 9.47 Å². The monoisotopic (exact) mass is 543 g/mol. The highest BCUT2D eigenvalue weighted by Gasteiger charge is 2.10. The number of hydrogen-bond donors (Lipinski definition) is 2. The van der Waals surface area contributed by atoms with Crippen LogP contribution in [0.1, 0.15) is 18.1 Å². The first kappa shape index (κ1) is 25.3. The summed E-state index contributed by atoms with van der Waals surface area (Å²) in [5.74, 6) is 3.34. The molecule has 0 spiro atoms. The second-order valence-corrected chi connectivity index (χ2v) is 7.21. The average Bonchev–Trinajstić information content (AvgIpc) is 3.11. The number of aromatic nitrogens is 3.